The molecule has 0 saturated heterocycles. The van der Waals surface area contributed by atoms with Gasteiger partial charge in [-0.25, -0.2) is 0 Å². The highest BCUT2D eigenvalue weighted by Gasteiger charge is 2.09. The van der Waals surface area contributed by atoms with Crippen molar-refractivity contribution in [3.63, 3.8) is 0 Å². The Morgan fingerprint density at radius 2 is 2.00 bits per heavy atom. The molecule has 0 bridgehead atoms. The zero-order valence-corrected chi connectivity index (χ0v) is 14.3. The largest absolute Gasteiger partial charge is 0.494 e. The van der Waals surface area contributed by atoms with Crippen molar-refractivity contribution in [2.75, 3.05) is 31.6 Å². The van der Waals surface area contributed by atoms with E-state index in [1.54, 1.807) is 12.2 Å². The Bertz CT molecular complexity index is 502. The molecule has 126 valence electrons. The summed E-state index contributed by atoms with van der Waals surface area (Å²) in [5, 5.41) is 2.90. The number of amides is 1. The Labute approximate surface area is 139 Å². The maximum atomic E-state index is 12.1. The van der Waals surface area contributed by atoms with Crippen LogP contribution >= 0.6 is 0 Å². The van der Waals surface area contributed by atoms with Crippen molar-refractivity contribution in [1.82, 2.24) is 4.90 Å². The van der Waals surface area contributed by atoms with Crippen LogP contribution in [0.25, 0.3) is 0 Å². The van der Waals surface area contributed by atoms with E-state index < -0.39 is 0 Å². The van der Waals surface area contributed by atoms with Gasteiger partial charge in [0, 0.05) is 24.8 Å². The Hall–Kier alpha value is -2.07. The molecule has 0 aliphatic carbocycles. The standard InChI is InChI=1S/C19H28N2O2/c1-5-11-21(12-6-2)15-19(22)20-17-8-7-9-18(14-17)23-13-10-16(3)4/h5-9,14,16H,1-2,10-13,15H2,3-4H3,(H,20,22). The lowest BCUT2D eigenvalue weighted by atomic mass is 10.1. The number of hydrogen-bond donors (Lipinski definition) is 1. The second kappa shape index (κ2) is 10.6. The minimum atomic E-state index is -0.0620. The molecule has 0 aromatic heterocycles. The minimum Gasteiger partial charge on any atom is -0.494 e. The number of hydrogen-bond acceptors (Lipinski definition) is 3. The van der Waals surface area contributed by atoms with Gasteiger partial charge in [0.15, 0.2) is 0 Å². The molecule has 1 rings (SSSR count). The lowest BCUT2D eigenvalue weighted by molar-refractivity contribution is -0.117. The fourth-order valence-electron chi connectivity index (χ4n) is 2.05. The molecule has 0 spiro atoms. The monoisotopic (exact) mass is 316 g/mol. The van der Waals surface area contributed by atoms with Crippen molar-refractivity contribution in [3.05, 3.63) is 49.6 Å². The molecule has 0 heterocycles. The molecule has 0 radical (unpaired) electrons. The summed E-state index contributed by atoms with van der Waals surface area (Å²) in [5.41, 5.74) is 0.745. The number of benzene rings is 1. The van der Waals surface area contributed by atoms with Crippen molar-refractivity contribution < 1.29 is 9.53 Å². The number of carbonyl (C=O) groups excluding carboxylic acids is 1. The van der Waals surface area contributed by atoms with E-state index in [-0.39, 0.29) is 5.91 Å². The van der Waals surface area contributed by atoms with Crippen LogP contribution in [0.15, 0.2) is 49.6 Å². The van der Waals surface area contributed by atoms with Crippen LogP contribution in [0.3, 0.4) is 0 Å². The first-order chi connectivity index (χ1) is 11.0. The predicted octanol–water partition coefficient (Wildman–Crippen LogP) is 3.72. The van der Waals surface area contributed by atoms with E-state index in [1.807, 2.05) is 29.2 Å². The van der Waals surface area contributed by atoms with Crippen molar-refractivity contribution in [2.45, 2.75) is 20.3 Å². The average Bonchev–Trinajstić information content (AvgIpc) is 2.47. The molecule has 0 fully saturated rings. The molecule has 0 atom stereocenters. The Balaban J connectivity index is 2.53. The van der Waals surface area contributed by atoms with E-state index in [0.29, 0.717) is 32.2 Å². The molecule has 1 amide bonds. The van der Waals surface area contributed by atoms with Gasteiger partial charge >= 0.3 is 0 Å². The molecule has 4 heteroatoms. The van der Waals surface area contributed by atoms with E-state index in [0.717, 1.165) is 17.9 Å². The van der Waals surface area contributed by atoms with Gasteiger partial charge in [-0.15, -0.1) is 13.2 Å². The van der Waals surface area contributed by atoms with Crippen LogP contribution in [0, 0.1) is 5.92 Å². The number of carbonyl (C=O) groups is 1. The fraction of sp³-hybridized carbons (Fsp3) is 0.421. The van der Waals surface area contributed by atoms with Crippen molar-refractivity contribution >= 4 is 11.6 Å². The van der Waals surface area contributed by atoms with E-state index in [4.69, 9.17) is 4.74 Å². The third-order valence-corrected chi connectivity index (χ3v) is 3.22. The van der Waals surface area contributed by atoms with Gasteiger partial charge in [-0.05, 0) is 24.5 Å². The molecule has 0 aliphatic heterocycles. The topological polar surface area (TPSA) is 41.6 Å². The number of ether oxygens (including phenoxy) is 1. The third-order valence-electron chi connectivity index (χ3n) is 3.22. The van der Waals surface area contributed by atoms with Gasteiger partial charge in [-0.3, -0.25) is 9.69 Å². The molecule has 0 aliphatic rings. The van der Waals surface area contributed by atoms with Crippen LogP contribution in [-0.2, 0) is 4.79 Å². The van der Waals surface area contributed by atoms with Gasteiger partial charge in [0.1, 0.15) is 5.75 Å². The lowest BCUT2D eigenvalue weighted by Gasteiger charge is -2.18. The summed E-state index contributed by atoms with van der Waals surface area (Å²) in [6.07, 6.45) is 4.56. The maximum Gasteiger partial charge on any atom is 0.238 e. The molecule has 23 heavy (non-hydrogen) atoms. The summed E-state index contributed by atoms with van der Waals surface area (Å²) in [6.45, 7) is 14.0. The van der Waals surface area contributed by atoms with Gasteiger partial charge in [-0.2, -0.15) is 0 Å². The second-order valence-electron chi connectivity index (χ2n) is 5.88. The zero-order valence-electron chi connectivity index (χ0n) is 14.3. The normalized spacial score (nSPS) is 10.6. The van der Waals surface area contributed by atoms with E-state index in [2.05, 4.69) is 32.3 Å². The minimum absolute atomic E-state index is 0.0620. The van der Waals surface area contributed by atoms with Crippen LogP contribution in [0.5, 0.6) is 5.75 Å². The zero-order chi connectivity index (χ0) is 17.1. The number of nitrogens with one attached hydrogen (secondary N) is 1. The van der Waals surface area contributed by atoms with Crippen LogP contribution in [0.4, 0.5) is 5.69 Å². The molecular weight excluding hydrogens is 288 g/mol. The average molecular weight is 316 g/mol. The molecule has 1 aromatic rings. The summed E-state index contributed by atoms with van der Waals surface area (Å²) in [5.74, 6) is 1.32. The van der Waals surface area contributed by atoms with Gasteiger partial charge in [-0.1, -0.05) is 32.1 Å². The molecule has 0 unspecified atom stereocenters. The number of anilines is 1. The van der Waals surface area contributed by atoms with Crippen LogP contribution < -0.4 is 10.1 Å². The first kappa shape index (κ1) is 19.0. The predicted molar refractivity (Wildman–Crippen MR) is 96.9 cm³/mol. The summed E-state index contributed by atoms with van der Waals surface area (Å²) in [7, 11) is 0. The summed E-state index contributed by atoms with van der Waals surface area (Å²) in [4.78, 5) is 14.1. The summed E-state index contributed by atoms with van der Waals surface area (Å²) < 4.78 is 5.71. The van der Waals surface area contributed by atoms with Crippen LogP contribution in [-0.4, -0.2) is 37.0 Å². The van der Waals surface area contributed by atoms with E-state index >= 15 is 0 Å². The fourth-order valence-corrected chi connectivity index (χ4v) is 2.05. The molecule has 1 aromatic carbocycles. The Kier molecular flexibility index (Phi) is 8.76. The highest BCUT2D eigenvalue weighted by Crippen LogP contribution is 2.18. The van der Waals surface area contributed by atoms with E-state index in [9.17, 15) is 4.79 Å². The molecule has 4 nitrogen and oxygen atoms in total. The highest BCUT2D eigenvalue weighted by molar-refractivity contribution is 5.92. The Morgan fingerprint density at radius 3 is 2.61 bits per heavy atom. The lowest BCUT2D eigenvalue weighted by Crippen LogP contribution is -2.33. The number of rotatable bonds is 11. The number of nitrogens with zero attached hydrogens (tertiary/aromatic N) is 1. The second-order valence-corrected chi connectivity index (χ2v) is 5.88. The van der Waals surface area contributed by atoms with Crippen molar-refractivity contribution in [1.29, 1.82) is 0 Å². The third kappa shape index (κ3) is 8.21. The quantitative estimate of drug-likeness (QED) is 0.633. The highest BCUT2D eigenvalue weighted by atomic mass is 16.5. The Morgan fingerprint density at radius 1 is 1.30 bits per heavy atom. The molecule has 0 saturated carbocycles. The van der Waals surface area contributed by atoms with E-state index in [1.165, 1.54) is 0 Å². The van der Waals surface area contributed by atoms with Gasteiger partial charge < -0.3 is 10.1 Å². The summed E-state index contributed by atoms with van der Waals surface area (Å²) >= 11 is 0. The van der Waals surface area contributed by atoms with Crippen LogP contribution in [0.1, 0.15) is 20.3 Å². The van der Waals surface area contributed by atoms with Gasteiger partial charge in [0.25, 0.3) is 0 Å². The molecular formula is C19H28N2O2. The smallest absolute Gasteiger partial charge is 0.238 e. The van der Waals surface area contributed by atoms with Gasteiger partial charge in [0.05, 0.1) is 13.2 Å². The molecule has 1 N–H and O–H groups in total. The SMILES string of the molecule is C=CCN(CC=C)CC(=O)Nc1cccc(OCCC(C)C)c1. The maximum absolute atomic E-state index is 12.1. The van der Waals surface area contributed by atoms with Crippen molar-refractivity contribution in [3.8, 4) is 5.75 Å². The van der Waals surface area contributed by atoms with Crippen molar-refractivity contribution in [2.24, 2.45) is 5.92 Å². The van der Waals surface area contributed by atoms with Crippen LogP contribution in [0.2, 0.25) is 0 Å². The first-order valence-electron chi connectivity index (χ1n) is 8.02. The summed E-state index contributed by atoms with van der Waals surface area (Å²) in [6, 6.07) is 7.49. The first-order valence-corrected chi connectivity index (χ1v) is 8.02. The van der Waals surface area contributed by atoms with Gasteiger partial charge in [0.2, 0.25) is 5.91 Å².